The van der Waals surface area contributed by atoms with E-state index in [0.29, 0.717) is 0 Å². The molecule has 2 aliphatic carbocycles. The SMILES string of the molecule is CC(C=O)(CC1=CCCC1)C1=CCCC1. The van der Waals surface area contributed by atoms with Gasteiger partial charge in [0.05, 0.1) is 0 Å². The van der Waals surface area contributed by atoms with Gasteiger partial charge in [-0.2, -0.15) is 0 Å². The smallest absolute Gasteiger partial charge is 0.130 e. The zero-order chi connectivity index (χ0) is 10.7. The summed E-state index contributed by atoms with van der Waals surface area (Å²) in [7, 11) is 0. The first kappa shape index (κ1) is 10.7. The second-order valence-electron chi connectivity index (χ2n) is 5.09. The second-order valence-corrected chi connectivity index (χ2v) is 5.09. The molecule has 0 amide bonds. The van der Waals surface area contributed by atoms with Gasteiger partial charge in [0.25, 0.3) is 0 Å². The molecule has 1 heteroatoms. The van der Waals surface area contributed by atoms with Crippen molar-refractivity contribution < 1.29 is 4.79 Å². The molecule has 2 aliphatic rings. The summed E-state index contributed by atoms with van der Waals surface area (Å²) in [6.45, 7) is 2.11. The molecule has 0 spiro atoms. The lowest BCUT2D eigenvalue weighted by Gasteiger charge is -2.25. The molecule has 0 fully saturated rings. The summed E-state index contributed by atoms with van der Waals surface area (Å²) in [5, 5.41) is 0. The molecule has 1 nitrogen and oxygen atoms in total. The highest BCUT2D eigenvalue weighted by atomic mass is 16.1. The van der Waals surface area contributed by atoms with E-state index in [4.69, 9.17) is 0 Å². The lowest BCUT2D eigenvalue weighted by molar-refractivity contribution is -0.113. The molecule has 0 aromatic heterocycles. The third-order valence-electron chi connectivity index (χ3n) is 3.76. The number of hydrogen-bond acceptors (Lipinski definition) is 1. The van der Waals surface area contributed by atoms with Gasteiger partial charge >= 0.3 is 0 Å². The quantitative estimate of drug-likeness (QED) is 0.503. The van der Waals surface area contributed by atoms with Crippen LogP contribution in [0.1, 0.15) is 51.9 Å². The molecular weight excluding hydrogens is 184 g/mol. The van der Waals surface area contributed by atoms with Gasteiger partial charge in [-0.05, 0) is 51.9 Å². The van der Waals surface area contributed by atoms with Gasteiger partial charge in [-0.3, -0.25) is 0 Å². The summed E-state index contributed by atoms with van der Waals surface area (Å²) in [6, 6.07) is 0. The minimum atomic E-state index is -0.202. The maximum Gasteiger partial charge on any atom is 0.130 e. The highest BCUT2D eigenvalue weighted by Crippen LogP contribution is 2.40. The largest absolute Gasteiger partial charge is 0.302 e. The van der Waals surface area contributed by atoms with Gasteiger partial charge in [0.15, 0.2) is 0 Å². The monoisotopic (exact) mass is 204 g/mol. The lowest BCUT2D eigenvalue weighted by atomic mass is 9.77. The Labute approximate surface area is 92.3 Å². The van der Waals surface area contributed by atoms with Crippen molar-refractivity contribution in [1.29, 1.82) is 0 Å². The Morgan fingerprint density at radius 1 is 1.27 bits per heavy atom. The Morgan fingerprint density at radius 2 is 2.00 bits per heavy atom. The average Bonchev–Trinajstić information content (AvgIpc) is 2.89. The van der Waals surface area contributed by atoms with Crippen LogP contribution in [0.4, 0.5) is 0 Å². The summed E-state index contributed by atoms with van der Waals surface area (Å²) in [5.74, 6) is 0. The number of allylic oxidation sites excluding steroid dienone is 4. The minimum absolute atomic E-state index is 0.202. The fourth-order valence-electron chi connectivity index (χ4n) is 2.79. The average molecular weight is 204 g/mol. The number of aldehydes is 1. The van der Waals surface area contributed by atoms with E-state index >= 15 is 0 Å². The predicted octanol–water partition coefficient (Wildman–Crippen LogP) is 3.80. The van der Waals surface area contributed by atoms with Crippen LogP contribution >= 0.6 is 0 Å². The van der Waals surface area contributed by atoms with Crippen LogP contribution in [0.3, 0.4) is 0 Å². The number of hydrogen-bond donors (Lipinski definition) is 0. The Balaban J connectivity index is 2.10. The van der Waals surface area contributed by atoms with Gasteiger partial charge in [0, 0.05) is 5.41 Å². The molecular formula is C14H20O. The third-order valence-corrected chi connectivity index (χ3v) is 3.76. The van der Waals surface area contributed by atoms with Crippen LogP contribution in [-0.2, 0) is 4.79 Å². The molecule has 0 aliphatic heterocycles. The second kappa shape index (κ2) is 4.34. The molecule has 2 rings (SSSR count). The highest BCUT2D eigenvalue weighted by Gasteiger charge is 2.31. The Morgan fingerprint density at radius 3 is 2.53 bits per heavy atom. The van der Waals surface area contributed by atoms with Gasteiger partial charge in [-0.25, -0.2) is 0 Å². The van der Waals surface area contributed by atoms with Gasteiger partial charge < -0.3 is 4.79 Å². The maximum absolute atomic E-state index is 11.3. The Hall–Kier alpha value is -0.850. The van der Waals surface area contributed by atoms with Gasteiger partial charge in [0.1, 0.15) is 6.29 Å². The highest BCUT2D eigenvalue weighted by molar-refractivity contribution is 5.65. The van der Waals surface area contributed by atoms with E-state index in [9.17, 15) is 4.79 Å². The molecule has 0 bridgehead atoms. The standard InChI is InChI=1S/C14H20O/c1-14(11-15,13-8-4-5-9-13)10-12-6-2-3-7-12/h6,8,11H,2-5,7,9-10H2,1H3. The Kier molecular flexibility index (Phi) is 3.08. The van der Waals surface area contributed by atoms with Crippen molar-refractivity contribution in [3.63, 3.8) is 0 Å². The first-order valence-electron chi connectivity index (χ1n) is 6.08. The molecule has 15 heavy (non-hydrogen) atoms. The van der Waals surface area contributed by atoms with Crippen molar-refractivity contribution in [2.75, 3.05) is 0 Å². The molecule has 0 saturated carbocycles. The summed E-state index contributed by atoms with van der Waals surface area (Å²) < 4.78 is 0. The van der Waals surface area contributed by atoms with E-state index in [-0.39, 0.29) is 5.41 Å². The van der Waals surface area contributed by atoms with Crippen LogP contribution < -0.4 is 0 Å². The summed E-state index contributed by atoms with van der Waals surface area (Å²) in [6.07, 6.45) is 14.0. The molecule has 1 unspecified atom stereocenters. The van der Waals surface area contributed by atoms with Gasteiger partial charge in [-0.1, -0.05) is 23.3 Å². The predicted molar refractivity (Wildman–Crippen MR) is 62.7 cm³/mol. The van der Waals surface area contributed by atoms with E-state index in [1.807, 2.05) is 0 Å². The number of rotatable bonds is 4. The molecule has 0 heterocycles. The first-order chi connectivity index (χ1) is 7.24. The van der Waals surface area contributed by atoms with Crippen molar-refractivity contribution in [1.82, 2.24) is 0 Å². The van der Waals surface area contributed by atoms with Crippen LogP contribution in [0.15, 0.2) is 23.3 Å². The molecule has 0 N–H and O–H groups in total. The van der Waals surface area contributed by atoms with Crippen molar-refractivity contribution in [2.45, 2.75) is 51.9 Å². The van der Waals surface area contributed by atoms with E-state index in [2.05, 4.69) is 19.1 Å². The summed E-state index contributed by atoms with van der Waals surface area (Å²) in [5.41, 5.74) is 2.68. The number of carbonyl (C=O) groups excluding carboxylic acids is 1. The Bertz CT molecular complexity index is 311. The van der Waals surface area contributed by atoms with E-state index in [1.54, 1.807) is 0 Å². The fraction of sp³-hybridized carbons (Fsp3) is 0.643. The zero-order valence-electron chi connectivity index (χ0n) is 9.59. The first-order valence-corrected chi connectivity index (χ1v) is 6.08. The zero-order valence-corrected chi connectivity index (χ0v) is 9.59. The van der Waals surface area contributed by atoms with Crippen molar-refractivity contribution >= 4 is 6.29 Å². The number of carbonyl (C=O) groups is 1. The van der Waals surface area contributed by atoms with Crippen LogP contribution in [0.25, 0.3) is 0 Å². The van der Waals surface area contributed by atoms with E-state index in [1.165, 1.54) is 43.1 Å². The minimum Gasteiger partial charge on any atom is -0.302 e. The molecule has 0 aromatic carbocycles. The fourth-order valence-corrected chi connectivity index (χ4v) is 2.79. The van der Waals surface area contributed by atoms with Crippen LogP contribution in [0.2, 0.25) is 0 Å². The van der Waals surface area contributed by atoms with Gasteiger partial charge in [-0.15, -0.1) is 0 Å². The summed E-state index contributed by atoms with van der Waals surface area (Å²) >= 11 is 0. The lowest BCUT2D eigenvalue weighted by Crippen LogP contribution is -2.21. The van der Waals surface area contributed by atoms with E-state index in [0.717, 1.165) is 19.3 Å². The normalized spacial score (nSPS) is 24.6. The molecule has 0 aromatic rings. The van der Waals surface area contributed by atoms with Crippen LogP contribution in [-0.4, -0.2) is 6.29 Å². The third kappa shape index (κ3) is 2.22. The molecule has 0 radical (unpaired) electrons. The van der Waals surface area contributed by atoms with Crippen molar-refractivity contribution in [3.8, 4) is 0 Å². The molecule has 0 saturated heterocycles. The van der Waals surface area contributed by atoms with E-state index < -0.39 is 0 Å². The topological polar surface area (TPSA) is 17.1 Å². The molecule has 1 atom stereocenters. The molecule has 82 valence electrons. The van der Waals surface area contributed by atoms with Gasteiger partial charge in [0.2, 0.25) is 0 Å². The van der Waals surface area contributed by atoms with Crippen molar-refractivity contribution in [2.24, 2.45) is 5.41 Å². The van der Waals surface area contributed by atoms with Crippen LogP contribution in [0.5, 0.6) is 0 Å². The maximum atomic E-state index is 11.3. The van der Waals surface area contributed by atoms with Crippen molar-refractivity contribution in [3.05, 3.63) is 23.3 Å². The summed E-state index contributed by atoms with van der Waals surface area (Å²) in [4.78, 5) is 11.3. The van der Waals surface area contributed by atoms with Crippen LogP contribution in [0, 0.1) is 5.41 Å².